The van der Waals surface area contributed by atoms with Crippen LogP contribution in [0.3, 0.4) is 0 Å². The van der Waals surface area contributed by atoms with Gasteiger partial charge in [0.25, 0.3) is 0 Å². The molecule has 1 aliphatic rings. The van der Waals surface area contributed by atoms with E-state index in [-0.39, 0.29) is 6.03 Å². The number of rotatable bonds is 6. The quantitative estimate of drug-likeness (QED) is 0.611. The highest BCUT2D eigenvalue weighted by molar-refractivity contribution is 7.14. The van der Waals surface area contributed by atoms with Gasteiger partial charge in [-0.3, -0.25) is 0 Å². The fourth-order valence-electron chi connectivity index (χ4n) is 3.47. The first-order chi connectivity index (χ1) is 15.2. The van der Waals surface area contributed by atoms with Gasteiger partial charge in [0.1, 0.15) is 11.5 Å². The van der Waals surface area contributed by atoms with Crippen molar-refractivity contribution in [3.8, 4) is 22.8 Å². The van der Waals surface area contributed by atoms with Crippen molar-refractivity contribution in [2.24, 2.45) is 0 Å². The number of carbonyl (C=O) groups is 1. The maximum Gasteiger partial charge on any atom is 0.322 e. The van der Waals surface area contributed by atoms with Gasteiger partial charge in [0.2, 0.25) is 0 Å². The van der Waals surface area contributed by atoms with Crippen molar-refractivity contribution in [2.45, 2.75) is 6.92 Å². The summed E-state index contributed by atoms with van der Waals surface area (Å²) in [5.41, 5.74) is 2.67. The largest absolute Gasteiger partial charge is 0.497 e. The maximum atomic E-state index is 12.7. The average Bonchev–Trinajstić information content (AvgIpc) is 3.31. The molecule has 0 spiro atoms. The summed E-state index contributed by atoms with van der Waals surface area (Å²) < 4.78 is 10.9. The number of para-hydroxylation sites is 2. The van der Waals surface area contributed by atoms with E-state index >= 15 is 0 Å². The van der Waals surface area contributed by atoms with Gasteiger partial charge in [0, 0.05) is 37.1 Å². The first-order valence-corrected chi connectivity index (χ1v) is 11.2. The zero-order valence-electron chi connectivity index (χ0n) is 17.7. The smallest absolute Gasteiger partial charge is 0.322 e. The molecule has 0 aliphatic carbocycles. The van der Waals surface area contributed by atoms with E-state index in [0.29, 0.717) is 31.1 Å². The summed E-state index contributed by atoms with van der Waals surface area (Å²) in [6.45, 7) is 5.23. The van der Waals surface area contributed by atoms with Gasteiger partial charge in [0.05, 0.1) is 25.1 Å². The molecule has 2 aromatic carbocycles. The molecular weight excluding hydrogens is 412 g/mol. The topological polar surface area (TPSA) is 66.9 Å². The molecule has 0 unspecified atom stereocenters. The number of urea groups is 1. The molecule has 3 aromatic rings. The van der Waals surface area contributed by atoms with Crippen molar-refractivity contribution >= 4 is 28.2 Å². The molecule has 1 N–H and O–H groups in total. The third-order valence-electron chi connectivity index (χ3n) is 5.12. The van der Waals surface area contributed by atoms with Crippen LogP contribution in [-0.4, -0.2) is 55.8 Å². The summed E-state index contributed by atoms with van der Waals surface area (Å²) in [6, 6.07) is 15.3. The van der Waals surface area contributed by atoms with E-state index in [1.54, 1.807) is 18.4 Å². The second-order valence-corrected chi connectivity index (χ2v) is 7.92. The van der Waals surface area contributed by atoms with E-state index < -0.39 is 0 Å². The number of ether oxygens (including phenoxy) is 2. The fraction of sp³-hybridized carbons (Fsp3) is 0.304. The standard InChI is InChI=1S/C23H26N4O3S/c1-3-30-21-10-5-4-9-19(21)24-22(28)26-11-13-27(14-12-26)23-25-20(16-31-23)17-7-6-8-18(15-17)29-2/h4-10,15-16H,3,11-14H2,1-2H3,(H,24,28). The molecule has 162 valence electrons. The Kier molecular flexibility index (Phi) is 6.57. The normalized spacial score (nSPS) is 13.7. The van der Waals surface area contributed by atoms with Crippen LogP contribution in [0.25, 0.3) is 11.3 Å². The van der Waals surface area contributed by atoms with Crippen molar-refractivity contribution in [1.82, 2.24) is 9.88 Å². The summed E-state index contributed by atoms with van der Waals surface area (Å²) in [4.78, 5) is 21.6. The van der Waals surface area contributed by atoms with Gasteiger partial charge in [-0.2, -0.15) is 0 Å². The predicted octanol–water partition coefficient (Wildman–Crippen LogP) is 4.57. The van der Waals surface area contributed by atoms with Gasteiger partial charge in [-0.05, 0) is 31.2 Å². The van der Waals surface area contributed by atoms with Crippen LogP contribution < -0.4 is 19.7 Å². The fourth-order valence-corrected chi connectivity index (χ4v) is 4.36. The molecule has 1 fully saturated rings. The minimum absolute atomic E-state index is 0.108. The number of hydrogen-bond donors (Lipinski definition) is 1. The predicted molar refractivity (Wildman–Crippen MR) is 125 cm³/mol. The first kappa shape index (κ1) is 21.0. The molecule has 0 atom stereocenters. The Hall–Kier alpha value is -3.26. The number of nitrogens with zero attached hydrogens (tertiary/aromatic N) is 3. The average molecular weight is 439 g/mol. The minimum atomic E-state index is -0.108. The van der Waals surface area contributed by atoms with Gasteiger partial charge < -0.3 is 24.6 Å². The molecule has 0 bridgehead atoms. The number of hydrogen-bond acceptors (Lipinski definition) is 6. The van der Waals surface area contributed by atoms with E-state index in [4.69, 9.17) is 14.5 Å². The molecule has 2 amide bonds. The molecule has 7 nitrogen and oxygen atoms in total. The lowest BCUT2D eigenvalue weighted by atomic mass is 10.2. The second kappa shape index (κ2) is 9.70. The first-order valence-electron chi connectivity index (χ1n) is 10.3. The van der Waals surface area contributed by atoms with Crippen LogP contribution >= 0.6 is 11.3 Å². The third-order valence-corrected chi connectivity index (χ3v) is 6.02. The Morgan fingerprint density at radius 1 is 1.13 bits per heavy atom. The number of thiazole rings is 1. The molecule has 2 heterocycles. The lowest BCUT2D eigenvalue weighted by Gasteiger charge is -2.34. The molecule has 4 rings (SSSR count). The molecule has 8 heteroatoms. The Morgan fingerprint density at radius 3 is 2.71 bits per heavy atom. The Bertz CT molecular complexity index is 1030. The van der Waals surface area contributed by atoms with Crippen molar-refractivity contribution < 1.29 is 14.3 Å². The molecule has 0 radical (unpaired) electrons. The van der Waals surface area contributed by atoms with Crippen molar-refractivity contribution in [3.63, 3.8) is 0 Å². The Morgan fingerprint density at radius 2 is 1.94 bits per heavy atom. The van der Waals surface area contributed by atoms with Crippen LogP contribution in [0.4, 0.5) is 15.6 Å². The van der Waals surface area contributed by atoms with Crippen molar-refractivity contribution in [1.29, 1.82) is 0 Å². The number of nitrogens with one attached hydrogen (secondary N) is 1. The Labute approximate surface area is 186 Å². The van der Waals surface area contributed by atoms with Crippen molar-refractivity contribution in [3.05, 3.63) is 53.9 Å². The van der Waals surface area contributed by atoms with Crippen LogP contribution in [0.2, 0.25) is 0 Å². The molecule has 31 heavy (non-hydrogen) atoms. The lowest BCUT2D eigenvalue weighted by molar-refractivity contribution is 0.208. The second-order valence-electron chi connectivity index (χ2n) is 7.08. The van der Waals surface area contributed by atoms with Crippen LogP contribution in [0.5, 0.6) is 11.5 Å². The summed E-state index contributed by atoms with van der Waals surface area (Å²) in [5, 5.41) is 6.01. The van der Waals surface area contributed by atoms with Gasteiger partial charge in [-0.25, -0.2) is 9.78 Å². The van der Waals surface area contributed by atoms with Gasteiger partial charge in [0.15, 0.2) is 5.13 Å². The zero-order valence-corrected chi connectivity index (χ0v) is 18.5. The highest BCUT2D eigenvalue weighted by Gasteiger charge is 2.23. The van der Waals surface area contributed by atoms with Crippen LogP contribution in [0.1, 0.15) is 6.92 Å². The van der Waals surface area contributed by atoms with Gasteiger partial charge >= 0.3 is 6.03 Å². The number of benzene rings is 2. The van der Waals surface area contributed by atoms with Crippen molar-refractivity contribution in [2.75, 3.05) is 50.1 Å². The number of amides is 2. The summed E-state index contributed by atoms with van der Waals surface area (Å²) in [7, 11) is 1.66. The van der Waals surface area contributed by atoms with Crippen LogP contribution in [-0.2, 0) is 0 Å². The molecule has 0 saturated carbocycles. The number of carbonyl (C=O) groups excluding carboxylic acids is 1. The van der Waals surface area contributed by atoms with E-state index in [1.165, 1.54) is 0 Å². The number of anilines is 2. The highest BCUT2D eigenvalue weighted by Crippen LogP contribution is 2.30. The molecule has 1 saturated heterocycles. The van der Waals surface area contributed by atoms with E-state index in [9.17, 15) is 4.79 Å². The number of piperazine rings is 1. The molecule has 1 aliphatic heterocycles. The number of aromatic nitrogens is 1. The SMILES string of the molecule is CCOc1ccccc1NC(=O)N1CCN(c2nc(-c3cccc(OC)c3)cs2)CC1. The highest BCUT2D eigenvalue weighted by atomic mass is 32.1. The third kappa shape index (κ3) is 4.91. The van der Waals surface area contributed by atoms with E-state index in [0.717, 1.165) is 35.2 Å². The van der Waals surface area contributed by atoms with Crippen LogP contribution in [0.15, 0.2) is 53.9 Å². The zero-order chi connectivity index (χ0) is 21.6. The number of methoxy groups -OCH3 is 1. The van der Waals surface area contributed by atoms with Gasteiger partial charge in [-0.1, -0.05) is 24.3 Å². The maximum absolute atomic E-state index is 12.7. The summed E-state index contributed by atoms with van der Waals surface area (Å²) in [6.07, 6.45) is 0. The van der Waals surface area contributed by atoms with Crippen LogP contribution in [0, 0.1) is 0 Å². The van der Waals surface area contributed by atoms with E-state index in [1.807, 2.05) is 60.4 Å². The summed E-state index contributed by atoms with van der Waals surface area (Å²) in [5.74, 6) is 1.50. The lowest BCUT2D eigenvalue weighted by Crippen LogP contribution is -2.50. The Balaban J connectivity index is 1.36. The minimum Gasteiger partial charge on any atom is -0.497 e. The summed E-state index contributed by atoms with van der Waals surface area (Å²) >= 11 is 1.62. The van der Waals surface area contributed by atoms with E-state index in [2.05, 4.69) is 15.6 Å². The van der Waals surface area contributed by atoms with Gasteiger partial charge in [-0.15, -0.1) is 11.3 Å². The molecule has 1 aromatic heterocycles. The monoisotopic (exact) mass is 438 g/mol. The molecular formula is C23H26N4O3S.